The van der Waals surface area contributed by atoms with Crippen molar-refractivity contribution < 1.29 is 9.53 Å². The highest BCUT2D eigenvalue weighted by Crippen LogP contribution is 2.36. The molecule has 1 aliphatic heterocycles. The van der Waals surface area contributed by atoms with E-state index in [1.54, 1.807) is 7.11 Å². The van der Waals surface area contributed by atoms with Gasteiger partial charge in [0, 0.05) is 37.6 Å². The van der Waals surface area contributed by atoms with Gasteiger partial charge >= 0.3 is 0 Å². The maximum atomic E-state index is 13.2. The van der Waals surface area contributed by atoms with Crippen LogP contribution in [-0.4, -0.2) is 42.5 Å². The Morgan fingerprint density at radius 2 is 1.78 bits per heavy atom. The topological polar surface area (TPSA) is 54.5 Å². The molecule has 1 aromatic heterocycles. The molecule has 166 valence electrons. The second kappa shape index (κ2) is 9.96. The van der Waals surface area contributed by atoms with Gasteiger partial charge in [-0.1, -0.05) is 42.5 Å². The van der Waals surface area contributed by atoms with E-state index in [-0.39, 0.29) is 5.91 Å². The van der Waals surface area contributed by atoms with Gasteiger partial charge in [0.05, 0.1) is 12.5 Å². The van der Waals surface area contributed by atoms with Crippen LogP contribution in [0.15, 0.2) is 73.1 Å². The van der Waals surface area contributed by atoms with E-state index in [0.717, 1.165) is 54.9 Å². The summed E-state index contributed by atoms with van der Waals surface area (Å²) in [6.45, 7) is 5.05. The van der Waals surface area contributed by atoms with Gasteiger partial charge < -0.3 is 10.1 Å². The Kier molecular flexibility index (Phi) is 6.86. The standard InChI is InChI=1S/C27H31N3O2/c1-3-29-26(31)27(14-17-30(20-27)19-24-6-4-5-7-25(24)32-2)18-21-8-10-22(11-9-21)23-12-15-28-16-13-23/h4-13,15-16H,3,14,17-20H2,1-2H3,(H,29,31). The van der Waals surface area contributed by atoms with Gasteiger partial charge in [0.15, 0.2) is 0 Å². The van der Waals surface area contributed by atoms with Gasteiger partial charge in [-0.3, -0.25) is 14.7 Å². The summed E-state index contributed by atoms with van der Waals surface area (Å²) >= 11 is 0. The fourth-order valence-corrected chi connectivity index (χ4v) is 4.68. The number of hydrogen-bond acceptors (Lipinski definition) is 4. The van der Waals surface area contributed by atoms with Crippen LogP contribution in [0.25, 0.3) is 11.1 Å². The number of hydrogen-bond donors (Lipinski definition) is 1. The van der Waals surface area contributed by atoms with Crippen molar-refractivity contribution in [3.05, 3.63) is 84.2 Å². The molecule has 2 heterocycles. The molecule has 1 saturated heterocycles. The third-order valence-electron chi connectivity index (χ3n) is 6.35. The summed E-state index contributed by atoms with van der Waals surface area (Å²) in [6.07, 6.45) is 5.20. The Balaban J connectivity index is 1.52. The summed E-state index contributed by atoms with van der Waals surface area (Å²) in [6, 6.07) is 20.7. The number of aromatic nitrogens is 1. The molecule has 4 rings (SSSR count). The quantitative estimate of drug-likeness (QED) is 0.579. The summed E-state index contributed by atoms with van der Waals surface area (Å²) in [4.78, 5) is 19.7. The molecular formula is C27H31N3O2. The average molecular weight is 430 g/mol. The number of carbonyl (C=O) groups is 1. The molecule has 5 heteroatoms. The van der Waals surface area contributed by atoms with Gasteiger partial charge in [-0.2, -0.15) is 0 Å². The summed E-state index contributed by atoms with van der Waals surface area (Å²) in [5.74, 6) is 1.05. The molecule has 1 atom stereocenters. The van der Waals surface area contributed by atoms with E-state index in [9.17, 15) is 4.79 Å². The molecule has 3 aromatic rings. The molecule has 1 aliphatic rings. The smallest absolute Gasteiger partial charge is 0.227 e. The summed E-state index contributed by atoms with van der Waals surface area (Å²) in [7, 11) is 1.71. The van der Waals surface area contributed by atoms with Crippen molar-refractivity contribution in [3.63, 3.8) is 0 Å². The molecule has 0 saturated carbocycles. The first-order valence-corrected chi connectivity index (χ1v) is 11.3. The lowest BCUT2D eigenvalue weighted by molar-refractivity contribution is -0.130. The number of likely N-dealkylation sites (tertiary alicyclic amines) is 1. The zero-order valence-corrected chi connectivity index (χ0v) is 18.9. The fraction of sp³-hybridized carbons (Fsp3) is 0.333. The second-order valence-corrected chi connectivity index (χ2v) is 8.52. The first kappa shape index (κ1) is 22.0. The lowest BCUT2D eigenvalue weighted by Gasteiger charge is -2.28. The number of ether oxygens (including phenoxy) is 1. The largest absolute Gasteiger partial charge is 0.496 e. The van der Waals surface area contributed by atoms with Crippen molar-refractivity contribution in [2.75, 3.05) is 26.7 Å². The number of para-hydroxylation sites is 1. The predicted octanol–water partition coefficient (Wildman–Crippen LogP) is 4.33. The lowest BCUT2D eigenvalue weighted by Crippen LogP contribution is -2.44. The van der Waals surface area contributed by atoms with Gasteiger partial charge in [0.1, 0.15) is 5.75 Å². The van der Waals surface area contributed by atoms with E-state index in [0.29, 0.717) is 6.54 Å². The van der Waals surface area contributed by atoms with Gasteiger partial charge in [0.2, 0.25) is 5.91 Å². The van der Waals surface area contributed by atoms with Crippen molar-refractivity contribution in [1.29, 1.82) is 0 Å². The zero-order valence-electron chi connectivity index (χ0n) is 18.9. The monoisotopic (exact) mass is 429 g/mol. The van der Waals surface area contributed by atoms with E-state index in [4.69, 9.17) is 4.74 Å². The van der Waals surface area contributed by atoms with Crippen LogP contribution in [0.3, 0.4) is 0 Å². The molecule has 1 fully saturated rings. The van der Waals surface area contributed by atoms with Crippen LogP contribution < -0.4 is 10.1 Å². The predicted molar refractivity (Wildman–Crippen MR) is 127 cm³/mol. The van der Waals surface area contributed by atoms with Crippen LogP contribution in [0, 0.1) is 5.41 Å². The summed E-state index contributed by atoms with van der Waals surface area (Å²) < 4.78 is 5.53. The Bertz CT molecular complexity index is 1040. The highest BCUT2D eigenvalue weighted by molar-refractivity contribution is 5.83. The number of carbonyl (C=O) groups excluding carboxylic acids is 1. The minimum atomic E-state index is -0.420. The SMILES string of the molecule is CCNC(=O)C1(Cc2ccc(-c3ccncc3)cc2)CCN(Cc2ccccc2OC)C1. The van der Waals surface area contributed by atoms with Crippen molar-refractivity contribution in [3.8, 4) is 16.9 Å². The van der Waals surface area contributed by atoms with Crippen molar-refractivity contribution in [2.24, 2.45) is 5.41 Å². The third kappa shape index (κ3) is 4.83. The Morgan fingerprint density at radius 1 is 1.06 bits per heavy atom. The van der Waals surface area contributed by atoms with E-state index in [2.05, 4.69) is 45.5 Å². The second-order valence-electron chi connectivity index (χ2n) is 8.52. The van der Waals surface area contributed by atoms with Crippen LogP contribution in [-0.2, 0) is 17.8 Å². The molecule has 32 heavy (non-hydrogen) atoms. The number of methoxy groups -OCH3 is 1. The van der Waals surface area contributed by atoms with E-state index in [1.165, 1.54) is 5.56 Å². The third-order valence-corrected chi connectivity index (χ3v) is 6.35. The molecule has 0 aliphatic carbocycles. The number of amides is 1. The van der Waals surface area contributed by atoms with Crippen LogP contribution in [0.4, 0.5) is 0 Å². The highest BCUT2D eigenvalue weighted by atomic mass is 16.5. The number of nitrogens with zero attached hydrogens (tertiary/aromatic N) is 2. The molecule has 0 spiro atoms. The van der Waals surface area contributed by atoms with Gasteiger partial charge in [-0.25, -0.2) is 0 Å². The average Bonchev–Trinajstić information content (AvgIpc) is 3.24. The molecule has 2 aromatic carbocycles. The zero-order chi connectivity index (χ0) is 22.4. The first-order valence-electron chi connectivity index (χ1n) is 11.3. The highest BCUT2D eigenvalue weighted by Gasteiger charge is 2.44. The van der Waals surface area contributed by atoms with Crippen molar-refractivity contribution in [1.82, 2.24) is 15.2 Å². The lowest BCUT2D eigenvalue weighted by atomic mass is 9.79. The van der Waals surface area contributed by atoms with Crippen molar-refractivity contribution >= 4 is 5.91 Å². The molecular weight excluding hydrogens is 398 g/mol. The molecule has 1 amide bonds. The maximum absolute atomic E-state index is 13.2. The normalized spacial score (nSPS) is 18.4. The van der Waals surface area contributed by atoms with Crippen LogP contribution in [0.1, 0.15) is 24.5 Å². The van der Waals surface area contributed by atoms with Gasteiger partial charge in [0.25, 0.3) is 0 Å². The van der Waals surface area contributed by atoms with E-state index in [1.807, 2.05) is 49.6 Å². The maximum Gasteiger partial charge on any atom is 0.227 e. The Hall–Kier alpha value is -3.18. The van der Waals surface area contributed by atoms with Crippen LogP contribution in [0.5, 0.6) is 5.75 Å². The van der Waals surface area contributed by atoms with Gasteiger partial charge in [-0.15, -0.1) is 0 Å². The number of rotatable bonds is 8. The molecule has 0 radical (unpaired) electrons. The first-order chi connectivity index (χ1) is 15.6. The van der Waals surface area contributed by atoms with Gasteiger partial charge in [-0.05, 0) is 61.2 Å². The van der Waals surface area contributed by atoms with Crippen LogP contribution in [0.2, 0.25) is 0 Å². The summed E-state index contributed by atoms with van der Waals surface area (Å²) in [5, 5.41) is 3.10. The van der Waals surface area contributed by atoms with Crippen molar-refractivity contribution in [2.45, 2.75) is 26.3 Å². The molecule has 5 nitrogen and oxygen atoms in total. The number of pyridine rings is 1. The molecule has 1 N–H and O–H groups in total. The molecule has 1 unspecified atom stereocenters. The fourth-order valence-electron chi connectivity index (χ4n) is 4.68. The number of benzene rings is 2. The molecule has 0 bridgehead atoms. The Morgan fingerprint density at radius 3 is 2.50 bits per heavy atom. The minimum absolute atomic E-state index is 0.153. The van der Waals surface area contributed by atoms with Crippen LogP contribution >= 0.6 is 0 Å². The Labute approximate surface area is 190 Å². The van der Waals surface area contributed by atoms with E-state index < -0.39 is 5.41 Å². The number of nitrogens with one attached hydrogen (secondary N) is 1. The van der Waals surface area contributed by atoms with E-state index >= 15 is 0 Å². The summed E-state index contributed by atoms with van der Waals surface area (Å²) in [5.41, 5.74) is 4.23. The minimum Gasteiger partial charge on any atom is -0.496 e.